The topological polar surface area (TPSA) is 49.7 Å². The van der Waals surface area contributed by atoms with Crippen LogP contribution in [-0.4, -0.2) is 22.8 Å². The lowest BCUT2D eigenvalue weighted by Gasteiger charge is -2.26. The first-order chi connectivity index (χ1) is 9.25. The van der Waals surface area contributed by atoms with Gasteiger partial charge in [0.2, 0.25) is 0 Å². The third kappa shape index (κ3) is 2.15. The maximum atomic E-state index is 11.4. The summed E-state index contributed by atoms with van der Waals surface area (Å²) in [6, 6.07) is 9.55. The van der Waals surface area contributed by atoms with Crippen molar-refractivity contribution in [1.82, 2.24) is 0 Å². The molecule has 0 radical (unpaired) electrons. The summed E-state index contributed by atoms with van der Waals surface area (Å²) in [7, 11) is 0. The molecule has 2 unspecified atom stereocenters. The van der Waals surface area contributed by atoms with Crippen LogP contribution >= 0.6 is 0 Å². The lowest BCUT2D eigenvalue weighted by molar-refractivity contribution is -0.133. The first-order valence-corrected chi connectivity index (χ1v) is 6.19. The predicted molar refractivity (Wildman–Crippen MR) is 74.3 cm³/mol. The van der Waals surface area contributed by atoms with Crippen LogP contribution in [0.2, 0.25) is 0 Å². The van der Waals surface area contributed by atoms with Crippen molar-refractivity contribution in [2.75, 3.05) is 0 Å². The Hall–Kier alpha value is -2.42. The van der Waals surface area contributed by atoms with Gasteiger partial charge in [0.1, 0.15) is 0 Å². The molecular formula is C16H13NO2. The molecule has 94 valence electrons. The molecule has 1 aromatic carbocycles. The number of aliphatic carboxylic acids is 1. The number of carboxylic acid groups (broad SMARTS) is 1. The van der Waals surface area contributed by atoms with Crippen molar-refractivity contribution in [2.45, 2.75) is 6.04 Å². The molecule has 1 aliphatic carbocycles. The maximum Gasteiger partial charge on any atom is 0.332 e. The molecule has 3 nitrogen and oxygen atoms in total. The molecule has 1 N–H and O–H groups in total. The van der Waals surface area contributed by atoms with Crippen LogP contribution in [0.3, 0.4) is 0 Å². The molecule has 2 atom stereocenters. The second-order valence-electron chi connectivity index (χ2n) is 4.57. The van der Waals surface area contributed by atoms with Crippen LogP contribution in [0.15, 0.2) is 71.3 Å². The monoisotopic (exact) mass is 251 g/mol. The number of rotatable bonds is 2. The van der Waals surface area contributed by atoms with Gasteiger partial charge >= 0.3 is 5.97 Å². The highest BCUT2D eigenvalue weighted by Gasteiger charge is 2.30. The van der Waals surface area contributed by atoms with Gasteiger partial charge in [-0.3, -0.25) is 4.99 Å². The summed E-state index contributed by atoms with van der Waals surface area (Å²) in [5, 5.41) is 9.36. The van der Waals surface area contributed by atoms with E-state index in [-0.39, 0.29) is 12.0 Å². The SMILES string of the molecule is O=C(O)C1=CC(c2ccccc2)=NC2C=CC=CC12. The number of allylic oxidation sites excluding steroid dienone is 3. The van der Waals surface area contributed by atoms with E-state index >= 15 is 0 Å². The molecule has 1 heterocycles. The molecule has 19 heavy (non-hydrogen) atoms. The van der Waals surface area contributed by atoms with Crippen LogP contribution in [0.4, 0.5) is 0 Å². The molecule has 3 heteroatoms. The minimum atomic E-state index is -0.877. The Bertz CT molecular complexity index is 623. The third-order valence-corrected chi connectivity index (χ3v) is 3.36. The average Bonchev–Trinajstić information content (AvgIpc) is 2.47. The van der Waals surface area contributed by atoms with Gasteiger partial charge < -0.3 is 5.11 Å². The van der Waals surface area contributed by atoms with Gasteiger partial charge in [-0.05, 0) is 11.6 Å². The van der Waals surface area contributed by atoms with Gasteiger partial charge in [0.25, 0.3) is 0 Å². The number of benzene rings is 1. The fourth-order valence-electron chi connectivity index (χ4n) is 2.42. The Labute approximate surface area is 111 Å². The van der Waals surface area contributed by atoms with Crippen molar-refractivity contribution < 1.29 is 9.90 Å². The van der Waals surface area contributed by atoms with Crippen LogP contribution in [-0.2, 0) is 4.79 Å². The fraction of sp³-hybridized carbons (Fsp3) is 0.125. The van der Waals surface area contributed by atoms with Crippen molar-refractivity contribution in [3.8, 4) is 0 Å². The van der Waals surface area contributed by atoms with E-state index in [1.54, 1.807) is 6.08 Å². The number of aliphatic imine (C=N–C) groups is 1. The molecule has 0 spiro atoms. The van der Waals surface area contributed by atoms with E-state index < -0.39 is 5.97 Å². The molecular weight excluding hydrogens is 238 g/mol. The number of fused-ring (bicyclic) bond motifs is 1. The Morgan fingerprint density at radius 3 is 2.58 bits per heavy atom. The van der Waals surface area contributed by atoms with Gasteiger partial charge in [0.15, 0.2) is 0 Å². The molecule has 1 aromatic rings. The molecule has 2 aliphatic rings. The van der Waals surface area contributed by atoms with E-state index in [9.17, 15) is 9.90 Å². The quantitative estimate of drug-likeness (QED) is 0.878. The Morgan fingerprint density at radius 2 is 1.84 bits per heavy atom. The summed E-state index contributed by atoms with van der Waals surface area (Å²) < 4.78 is 0. The molecule has 0 amide bonds. The second kappa shape index (κ2) is 4.69. The predicted octanol–water partition coefficient (Wildman–Crippen LogP) is 2.61. The lowest BCUT2D eigenvalue weighted by Crippen LogP contribution is -2.28. The average molecular weight is 251 g/mol. The van der Waals surface area contributed by atoms with E-state index in [2.05, 4.69) is 4.99 Å². The van der Waals surface area contributed by atoms with E-state index in [0.29, 0.717) is 5.57 Å². The smallest absolute Gasteiger partial charge is 0.332 e. The van der Waals surface area contributed by atoms with Crippen LogP contribution in [0.25, 0.3) is 0 Å². The van der Waals surface area contributed by atoms with Crippen molar-refractivity contribution in [3.05, 3.63) is 71.8 Å². The molecule has 0 saturated heterocycles. The lowest BCUT2D eigenvalue weighted by atomic mass is 9.84. The van der Waals surface area contributed by atoms with Gasteiger partial charge in [-0.2, -0.15) is 0 Å². The van der Waals surface area contributed by atoms with E-state index in [4.69, 9.17) is 0 Å². The van der Waals surface area contributed by atoms with Crippen LogP contribution < -0.4 is 0 Å². The first kappa shape index (κ1) is 11.7. The summed E-state index contributed by atoms with van der Waals surface area (Å²) in [6.07, 6.45) is 9.32. The minimum Gasteiger partial charge on any atom is -0.478 e. The van der Waals surface area contributed by atoms with Crippen LogP contribution in [0, 0.1) is 5.92 Å². The highest BCUT2D eigenvalue weighted by molar-refractivity contribution is 6.13. The Kier molecular flexibility index (Phi) is 2.88. The normalized spacial score (nSPS) is 24.4. The van der Waals surface area contributed by atoms with Crippen LogP contribution in [0.1, 0.15) is 5.56 Å². The van der Waals surface area contributed by atoms with E-state index in [1.165, 1.54) is 0 Å². The third-order valence-electron chi connectivity index (χ3n) is 3.36. The number of hydrogen-bond acceptors (Lipinski definition) is 2. The summed E-state index contributed by atoms with van der Waals surface area (Å²) in [6.45, 7) is 0. The largest absolute Gasteiger partial charge is 0.478 e. The molecule has 3 rings (SSSR count). The Balaban J connectivity index is 2.07. The van der Waals surface area contributed by atoms with Gasteiger partial charge in [0.05, 0.1) is 11.8 Å². The van der Waals surface area contributed by atoms with Crippen molar-refractivity contribution in [3.63, 3.8) is 0 Å². The maximum absolute atomic E-state index is 11.4. The van der Waals surface area contributed by atoms with E-state index in [0.717, 1.165) is 11.3 Å². The Morgan fingerprint density at radius 1 is 1.11 bits per heavy atom. The number of carbonyl (C=O) groups is 1. The number of nitrogens with zero attached hydrogens (tertiary/aromatic N) is 1. The summed E-state index contributed by atoms with van der Waals surface area (Å²) in [5.41, 5.74) is 2.08. The number of hydrogen-bond donors (Lipinski definition) is 1. The first-order valence-electron chi connectivity index (χ1n) is 6.19. The van der Waals surface area contributed by atoms with Crippen molar-refractivity contribution in [1.29, 1.82) is 0 Å². The van der Waals surface area contributed by atoms with Crippen molar-refractivity contribution >= 4 is 11.7 Å². The van der Waals surface area contributed by atoms with Gasteiger partial charge in [0, 0.05) is 11.5 Å². The zero-order valence-corrected chi connectivity index (χ0v) is 10.2. The standard InChI is InChI=1S/C16H13NO2/c18-16(19)13-10-15(11-6-2-1-3-7-11)17-14-9-5-4-8-12(13)14/h1-10,12,14H,(H,18,19). The molecule has 0 fully saturated rings. The van der Waals surface area contributed by atoms with E-state index in [1.807, 2.05) is 54.6 Å². The fourth-order valence-corrected chi connectivity index (χ4v) is 2.42. The second-order valence-corrected chi connectivity index (χ2v) is 4.57. The number of dihydropyridines is 1. The minimum absolute atomic E-state index is 0.115. The summed E-state index contributed by atoms with van der Waals surface area (Å²) in [4.78, 5) is 16.1. The van der Waals surface area contributed by atoms with Crippen LogP contribution in [0.5, 0.6) is 0 Å². The van der Waals surface area contributed by atoms with Gasteiger partial charge in [-0.1, -0.05) is 54.6 Å². The highest BCUT2D eigenvalue weighted by atomic mass is 16.4. The molecule has 0 bridgehead atoms. The van der Waals surface area contributed by atoms with Gasteiger partial charge in [-0.15, -0.1) is 0 Å². The molecule has 0 saturated carbocycles. The molecule has 1 aliphatic heterocycles. The van der Waals surface area contributed by atoms with Crippen molar-refractivity contribution in [2.24, 2.45) is 10.9 Å². The number of carboxylic acids is 1. The summed E-state index contributed by atoms with van der Waals surface area (Å²) >= 11 is 0. The molecule has 0 aromatic heterocycles. The zero-order chi connectivity index (χ0) is 13.2. The summed E-state index contributed by atoms with van der Waals surface area (Å²) in [5.74, 6) is -1.03. The highest BCUT2D eigenvalue weighted by Crippen LogP contribution is 2.29. The van der Waals surface area contributed by atoms with Gasteiger partial charge in [-0.25, -0.2) is 4.79 Å². The zero-order valence-electron chi connectivity index (χ0n) is 10.2.